The van der Waals surface area contributed by atoms with E-state index in [9.17, 15) is 0 Å². The third-order valence-electron chi connectivity index (χ3n) is 2.24. The Kier molecular flexibility index (Phi) is 6.15. The Bertz CT molecular complexity index is 396. The smallest absolute Gasteiger partial charge is 0.186 e. The molecule has 0 aromatic carbocycles. The highest BCUT2D eigenvalue weighted by atomic mass is 32.1. The maximum absolute atomic E-state index is 5.12. The van der Waals surface area contributed by atoms with Crippen molar-refractivity contribution in [3.05, 3.63) is 21.9 Å². The Morgan fingerprint density at radius 1 is 1.47 bits per heavy atom. The van der Waals surface area contributed by atoms with Crippen LogP contribution in [-0.4, -0.2) is 17.4 Å². The van der Waals surface area contributed by atoms with Crippen molar-refractivity contribution >= 4 is 34.4 Å². The molecule has 0 fully saturated rings. The van der Waals surface area contributed by atoms with Crippen LogP contribution in [0.25, 0.3) is 0 Å². The first-order chi connectivity index (χ1) is 8.13. The minimum atomic E-state index is 0.589. The molecule has 0 aliphatic carbocycles. The maximum atomic E-state index is 5.12. The van der Waals surface area contributed by atoms with E-state index in [0.29, 0.717) is 5.11 Å². The van der Waals surface area contributed by atoms with Crippen LogP contribution in [0.2, 0.25) is 0 Å². The van der Waals surface area contributed by atoms with Gasteiger partial charge in [0.1, 0.15) is 0 Å². The van der Waals surface area contributed by atoms with Crippen LogP contribution in [0.5, 0.6) is 0 Å². The molecule has 0 saturated heterocycles. The van der Waals surface area contributed by atoms with E-state index < -0.39 is 0 Å². The Balaban J connectivity index is 2.40. The minimum absolute atomic E-state index is 0.589. The Labute approximate surface area is 112 Å². The summed E-state index contributed by atoms with van der Waals surface area (Å²) < 4.78 is 0. The lowest BCUT2D eigenvalue weighted by Gasteiger charge is -2.06. The topological polar surface area (TPSA) is 36.4 Å². The summed E-state index contributed by atoms with van der Waals surface area (Å²) in [5, 5.41) is 7.96. The summed E-state index contributed by atoms with van der Waals surface area (Å²) in [5.74, 6) is 0. The van der Waals surface area contributed by atoms with E-state index in [0.717, 1.165) is 25.1 Å². The van der Waals surface area contributed by atoms with Gasteiger partial charge >= 0.3 is 0 Å². The standard InChI is InChI=1S/C12H19N3S2/c1-4-5-8-13-12(16)15-14-10(3)11-7-6-9(2)17-11/h6-7H,4-5,8H2,1-3H3,(H2,13,15,16)/b14-10-. The van der Waals surface area contributed by atoms with Gasteiger partial charge in [-0.3, -0.25) is 5.43 Å². The van der Waals surface area contributed by atoms with Gasteiger partial charge in [-0.25, -0.2) is 0 Å². The molecular weight excluding hydrogens is 250 g/mol. The zero-order chi connectivity index (χ0) is 12.7. The van der Waals surface area contributed by atoms with Crippen molar-refractivity contribution in [2.75, 3.05) is 6.54 Å². The third-order valence-corrected chi connectivity index (χ3v) is 3.58. The molecule has 0 unspecified atom stereocenters. The van der Waals surface area contributed by atoms with E-state index >= 15 is 0 Å². The minimum Gasteiger partial charge on any atom is -0.361 e. The summed E-state index contributed by atoms with van der Waals surface area (Å²) in [6.07, 6.45) is 2.28. The van der Waals surface area contributed by atoms with Crippen LogP contribution in [-0.2, 0) is 0 Å². The van der Waals surface area contributed by atoms with Gasteiger partial charge < -0.3 is 5.32 Å². The molecule has 1 rings (SSSR count). The first-order valence-electron chi connectivity index (χ1n) is 5.78. The lowest BCUT2D eigenvalue weighted by atomic mass is 10.3. The number of hydrazone groups is 1. The van der Waals surface area contributed by atoms with E-state index in [4.69, 9.17) is 12.2 Å². The molecular formula is C12H19N3S2. The van der Waals surface area contributed by atoms with Crippen LogP contribution in [0.4, 0.5) is 0 Å². The van der Waals surface area contributed by atoms with Crippen LogP contribution in [0, 0.1) is 6.92 Å². The van der Waals surface area contributed by atoms with Crippen molar-refractivity contribution in [2.24, 2.45) is 5.10 Å². The van der Waals surface area contributed by atoms with Crippen molar-refractivity contribution in [1.29, 1.82) is 0 Å². The molecule has 0 saturated carbocycles. The summed E-state index contributed by atoms with van der Waals surface area (Å²) in [5.41, 5.74) is 3.82. The SMILES string of the molecule is CCCCNC(=S)N/N=C(/C)c1ccc(C)s1. The van der Waals surface area contributed by atoms with Crippen LogP contribution < -0.4 is 10.7 Å². The monoisotopic (exact) mass is 269 g/mol. The predicted octanol–water partition coefficient (Wildman–Crippen LogP) is 3.04. The number of rotatable bonds is 5. The quantitative estimate of drug-likeness (QED) is 0.373. The molecule has 0 bridgehead atoms. The van der Waals surface area contributed by atoms with E-state index in [1.54, 1.807) is 11.3 Å². The fraction of sp³-hybridized carbons (Fsp3) is 0.500. The molecule has 1 aromatic rings. The molecule has 0 aliphatic heterocycles. The van der Waals surface area contributed by atoms with E-state index in [1.807, 2.05) is 6.92 Å². The first kappa shape index (κ1) is 14.1. The lowest BCUT2D eigenvalue weighted by molar-refractivity contribution is 0.745. The largest absolute Gasteiger partial charge is 0.361 e. The average Bonchev–Trinajstić information content (AvgIpc) is 2.73. The van der Waals surface area contributed by atoms with Gasteiger partial charge in [0.2, 0.25) is 0 Å². The molecule has 5 heteroatoms. The third kappa shape index (κ3) is 5.28. The summed E-state index contributed by atoms with van der Waals surface area (Å²) in [6, 6.07) is 4.17. The molecule has 17 heavy (non-hydrogen) atoms. The Morgan fingerprint density at radius 2 is 2.24 bits per heavy atom. The highest BCUT2D eigenvalue weighted by Gasteiger charge is 2.00. The number of thiocarbonyl (C=S) groups is 1. The van der Waals surface area contributed by atoms with Crippen molar-refractivity contribution in [3.63, 3.8) is 0 Å². The normalized spacial score (nSPS) is 11.4. The molecule has 1 heterocycles. The molecule has 0 aliphatic rings. The second-order valence-corrected chi connectivity index (χ2v) is 5.52. The van der Waals surface area contributed by atoms with E-state index in [-0.39, 0.29) is 0 Å². The van der Waals surface area contributed by atoms with Crippen LogP contribution in [0.3, 0.4) is 0 Å². The number of unbranched alkanes of at least 4 members (excludes halogenated alkanes) is 1. The Hall–Kier alpha value is -0.940. The highest BCUT2D eigenvalue weighted by molar-refractivity contribution is 7.80. The van der Waals surface area contributed by atoms with E-state index in [1.165, 1.54) is 9.75 Å². The second kappa shape index (κ2) is 7.40. The van der Waals surface area contributed by atoms with Gasteiger partial charge in [0.15, 0.2) is 5.11 Å². The average molecular weight is 269 g/mol. The van der Waals surface area contributed by atoms with Gasteiger partial charge in [-0.15, -0.1) is 11.3 Å². The predicted molar refractivity (Wildman–Crippen MR) is 79.9 cm³/mol. The van der Waals surface area contributed by atoms with Crippen LogP contribution >= 0.6 is 23.6 Å². The Morgan fingerprint density at radius 3 is 2.82 bits per heavy atom. The summed E-state index contributed by atoms with van der Waals surface area (Å²) in [7, 11) is 0. The molecule has 3 nitrogen and oxygen atoms in total. The van der Waals surface area contributed by atoms with Crippen LogP contribution in [0.15, 0.2) is 17.2 Å². The number of aryl methyl sites for hydroxylation is 1. The molecule has 0 radical (unpaired) electrons. The summed E-state index contributed by atoms with van der Waals surface area (Å²) in [4.78, 5) is 2.46. The number of thiophene rings is 1. The maximum Gasteiger partial charge on any atom is 0.186 e. The molecule has 1 aromatic heterocycles. The van der Waals surface area contributed by atoms with Crippen molar-refractivity contribution in [3.8, 4) is 0 Å². The van der Waals surface area contributed by atoms with Crippen molar-refractivity contribution in [2.45, 2.75) is 33.6 Å². The van der Waals surface area contributed by atoms with Gasteiger partial charge in [-0.2, -0.15) is 5.10 Å². The molecule has 94 valence electrons. The van der Waals surface area contributed by atoms with Crippen molar-refractivity contribution in [1.82, 2.24) is 10.7 Å². The van der Waals surface area contributed by atoms with E-state index in [2.05, 4.69) is 41.8 Å². The molecule has 2 N–H and O–H groups in total. The molecule has 0 atom stereocenters. The van der Waals surface area contributed by atoms with Crippen LogP contribution in [0.1, 0.15) is 36.4 Å². The summed E-state index contributed by atoms with van der Waals surface area (Å²) >= 11 is 6.85. The highest BCUT2D eigenvalue weighted by Crippen LogP contribution is 2.15. The van der Waals surface area contributed by atoms with Gasteiger partial charge in [-0.1, -0.05) is 13.3 Å². The number of nitrogens with zero attached hydrogens (tertiary/aromatic N) is 1. The first-order valence-corrected chi connectivity index (χ1v) is 7.01. The lowest BCUT2D eigenvalue weighted by Crippen LogP contribution is -2.33. The van der Waals surface area contributed by atoms with Gasteiger partial charge in [-0.05, 0) is 44.6 Å². The zero-order valence-electron chi connectivity index (χ0n) is 10.5. The van der Waals surface area contributed by atoms with Crippen molar-refractivity contribution < 1.29 is 0 Å². The number of hydrogen-bond donors (Lipinski definition) is 2. The fourth-order valence-corrected chi connectivity index (χ4v) is 2.20. The zero-order valence-corrected chi connectivity index (χ0v) is 12.2. The second-order valence-electron chi connectivity index (χ2n) is 3.83. The van der Waals surface area contributed by atoms with Gasteiger partial charge in [0.05, 0.1) is 10.6 Å². The fourth-order valence-electron chi connectivity index (χ4n) is 1.24. The molecule has 0 amide bonds. The van der Waals surface area contributed by atoms with Gasteiger partial charge in [0.25, 0.3) is 0 Å². The number of nitrogens with one attached hydrogen (secondary N) is 2. The molecule has 0 spiro atoms. The van der Waals surface area contributed by atoms with Gasteiger partial charge in [0, 0.05) is 11.4 Å². The number of hydrogen-bond acceptors (Lipinski definition) is 3. The summed E-state index contributed by atoms with van der Waals surface area (Å²) in [6.45, 7) is 7.12.